The van der Waals surface area contributed by atoms with Crippen LogP contribution in [0.15, 0.2) is 24.3 Å². The first-order valence-corrected chi connectivity index (χ1v) is 7.88. The van der Waals surface area contributed by atoms with E-state index in [2.05, 4.69) is 5.32 Å². The number of aliphatic hydroxyl groups excluding tert-OH is 1. The first-order chi connectivity index (χ1) is 10.2. The number of phenols is 1. The van der Waals surface area contributed by atoms with Crippen LogP contribution in [0.3, 0.4) is 0 Å². The van der Waals surface area contributed by atoms with Crippen molar-refractivity contribution in [3.8, 4) is 5.75 Å². The number of amides is 1. The monoisotopic (exact) mass is 291 g/mol. The van der Waals surface area contributed by atoms with Crippen molar-refractivity contribution in [2.45, 2.75) is 51.0 Å². The van der Waals surface area contributed by atoms with E-state index in [1.165, 1.54) is 12.8 Å². The molecular weight excluding hydrogens is 266 g/mol. The van der Waals surface area contributed by atoms with Gasteiger partial charge in [0.25, 0.3) is 0 Å². The predicted octanol–water partition coefficient (Wildman–Crippen LogP) is 2.38. The fraction of sp³-hybridized carbons (Fsp3) is 0.588. The SMILES string of the molecule is O=C(N[C@H](CO)Cc1ccc(O)cc1)C1CCCCCC1. The first kappa shape index (κ1) is 15.8. The van der Waals surface area contributed by atoms with Gasteiger partial charge in [-0.1, -0.05) is 37.8 Å². The maximum absolute atomic E-state index is 12.3. The molecule has 0 saturated heterocycles. The molecule has 1 atom stereocenters. The molecule has 4 nitrogen and oxygen atoms in total. The summed E-state index contributed by atoms with van der Waals surface area (Å²) in [5.74, 6) is 0.401. The van der Waals surface area contributed by atoms with Gasteiger partial charge < -0.3 is 15.5 Å². The molecule has 1 amide bonds. The van der Waals surface area contributed by atoms with Crippen LogP contribution in [0.4, 0.5) is 0 Å². The lowest BCUT2D eigenvalue weighted by Crippen LogP contribution is -2.42. The molecule has 0 radical (unpaired) electrons. The lowest BCUT2D eigenvalue weighted by atomic mass is 9.98. The number of phenolic OH excluding ortho intramolecular Hbond substituents is 1. The van der Waals surface area contributed by atoms with Gasteiger partial charge in [-0.05, 0) is 37.0 Å². The van der Waals surface area contributed by atoms with E-state index in [4.69, 9.17) is 0 Å². The van der Waals surface area contributed by atoms with Crippen LogP contribution >= 0.6 is 0 Å². The van der Waals surface area contributed by atoms with Gasteiger partial charge in [0.15, 0.2) is 0 Å². The van der Waals surface area contributed by atoms with E-state index in [1.807, 2.05) is 12.1 Å². The van der Waals surface area contributed by atoms with Gasteiger partial charge in [-0.15, -0.1) is 0 Å². The Morgan fingerprint density at radius 1 is 1.14 bits per heavy atom. The molecule has 0 aromatic heterocycles. The average Bonchev–Trinajstić information content (AvgIpc) is 2.78. The van der Waals surface area contributed by atoms with Crippen molar-refractivity contribution >= 4 is 5.91 Å². The lowest BCUT2D eigenvalue weighted by molar-refractivity contribution is -0.126. The molecule has 3 N–H and O–H groups in total. The maximum atomic E-state index is 12.3. The number of nitrogens with one attached hydrogen (secondary N) is 1. The molecule has 0 spiro atoms. The Hall–Kier alpha value is -1.55. The summed E-state index contributed by atoms with van der Waals surface area (Å²) in [5.41, 5.74) is 0.994. The number of carbonyl (C=O) groups is 1. The van der Waals surface area contributed by atoms with Gasteiger partial charge in [-0.3, -0.25) is 4.79 Å². The zero-order valence-corrected chi connectivity index (χ0v) is 12.4. The Labute approximate surface area is 126 Å². The number of hydrogen-bond acceptors (Lipinski definition) is 3. The van der Waals surface area contributed by atoms with Crippen molar-refractivity contribution in [2.75, 3.05) is 6.61 Å². The summed E-state index contributed by atoms with van der Waals surface area (Å²) in [5, 5.41) is 21.7. The van der Waals surface area contributed by atoms with Crippen molar-refractivity contribution in [1.29, 1.82) is 0 Å². The quantitative estimate of drug-likeness (QED) is 0.730. The van der Waals surface area contributed by atoms with Crippen LogP contribution in [0.2, 0.25) is 0 Å². The standard InChI is InChI=1S/C17H25NO3/c19-12-15(11-13-7-9-16(20)10-8-13)18-17(21)14-5-3-1-2-4-6-14/h7-10,14-15,19-20H,1-6,11-12H2,(H,18,21)/t15-/m0/s1. The number of benzene rings is 1. The molecule has 21 heavy (non-hydrogen) atoms. The number of carbonyl (C=O) groups excluding carboxylic acids is 1. The smallest absolute Gasteiger partial charge is 0.223 e. The van der Waals surface area contributed by atoms with Crippen molar-refractivity contribution in [3.63, 3.8) is 0 Å². The van der Waals surface area contributed by atoms with Crippen molar-refractivity contribution in [2.24, 2.45) is 5.92 Å². The molecule has 1 saturated carbocycles. The summed E-state index contributed by atoms with van der Waals surface area (Å²) in [6, 6.07) is 6.62. The van der Waals surface area contributed by atoms with Crippen LogP contribution in [0.1, 0.15) is 44.1 Å². The van der Waals surface area contributed by atoms with Gasteiger partial charge in [-0.25, -0.2) is 0 Å². The van der Waals surface area contributed by atoms with Crippen LogP contribution in [0, 0.1) is 5.92 Å². The summed E-state index contributed by atoms with van der Waals surface area (Å²) < 4.78 is 0. The largest absolute Gasteiger partial charge is 0.508 e. The second-order valence-electron chi connectivity index (χ2n) is 5.95. The molecule has 0 unspecified atom stereocenters. The average molecular weight is 291 g/mol. The zero-order valence-electron chi connectivity index (χ0n) is 12.4. The summed E-state index contributed by atoms with van der Waals surface area (Å²) >= 11 is 0. The normalized spacial score (nSPS) is 18.0. The summed E-state index contributed by atoms with van der Waals surface area (Å²) in [4.78, 5) is 12.3. The van der Waals surface area contributed by atoms with E-state index in [0.717, 1.165) is 31.2 Å². The number of hydrogen-bond donors (Lipinski definition) is 3. The molecule has 0 aliphatic heterocycles. The number of aliphatic hydroxyl groups is 1. The molecule has 116 valence electrons. The third-order valence-electron chi connectivity index (χ3n) is 4.21. The van der Waals surface area contributed by atoms with Crippen LogP contribution < -0.4 is 5.32 Å². The molecule has 0 bridgehead atoms. The summed E-state index contributed by atoms with van der Waals surface area (Å²) in [6.07, 6.45) is 7.20. The number of rotatable bonds is 5. The molecule has 2 rings (SSSR count). The highest BCUT2D eigenvalue weighted by atomic mass is 16.3. The molecule has 1 aliphatic rings. The van der Waals surface area contributed by atoms with Gasteiger partial charge in [0, 0.05) is 5.92 Å². The zero-order chi connectivity index (χ0) is 15.1. The second kappa shape index (κ2) is 8.03. The molecule has 0 heterocycles. The van der Waals surface area contributed by atoms with Crippen molar-refractivity contribution in [1.82, 2.24) is 5.32 Å². The van der Waals surface area contributed by atoms with Crippen LogP contribution in [-0.4, -0.2) is 28.8 Å². The molecule has 1 aromatic carbocycles. The highest BCUT2D eigenvalue weighted by Crippen LogP contribution is 2.23. The van der Waals surface area contributed by atoms with Gasteiger partial charge in [0.2, 0.25) is 5.91 Å². The predicted molar refractivity (Wildman–Crippen MR) is 82.0 cm³/mol. The fourth-order valence-corrected chi connectivity index (χ4v) is 2.94. The van der Waals surface area contributed by atoms with E-state index >= 15 is 0 Å². The second-order valence-corrected chi connectivity index (χ2v) is 5.95. The van der Waals surface area contributed by atoms with Gasteiger partial charge in [-0.2, -0.15) is 0 Å². The van der Waals surface area contributed by atoms with Gasteiger partial charge >= 0.3 is 0 Å². The van der Waals surface area contributed by atoms with E-state index < -0.39 is 0 Å². The van der Waals surface area contributed by atoms with Crippen molar-refractivity contribution < 1.29 is 15.0 Å². The van der Waals surface area contributed by atoms with Crippen molar-refractivity contribution in [3.05, 3.63) is 29.8 Å². The van der Waals surface area contributed by atoms with E-state index in [-0.39, 0.29) is 30.2 Å². The van der Waals surface area contributed by atoms with Crippen LogP contribution in [0.25, 0.3) is 0 Å². The molecule has 4 heteroatoms. The maximum Gasteiger partial charge on any atom is 0.223 e. The van der Waals surface area contributed by atoms with E-state index in [1.54, 1.807) is 12.1 Å². The molecule has 1 aromatic rings. The Morgan fingerprint density at radius 3 is 2.33 bits per heavy atom. The first-order valence-electron chi connectivity index (χ1n) is 7.88. The molecular formula is C17H25NO3. The fourth-order valence-electron chi connectivity index (χ4n) is 2.94. The lowest BCUT2D eigenvalue weighted by Gasteiger charge is -2.20. The Kier molecular flexibility index (Phi) is 6.05. The summed E-state index contributed by atoms with van der Waals surface area (Å²) in [7, 11) is 0. The number of aromatic hydroxyl groups is 1. The minimum atomic E-state index is -0.259. The van der Waals surface area contributed by atoms with Gasteiger partial charge in [0.1, 0.15) is 5.75 Å². The van der Waals surface area contributed by atoms with Crippen LogP contribution in [0.5, 0.6) is 5.75 Å². The minimum absolute atomic E-state index is 0.0701. The highest BCUT2D eigenvalue weighted by molar-refractivity contribution is 5.79. The van der Waals surface area contributed by atoms with Gasteiger partial charge in [0.05, 0.1) is 12.6 Å². The highest BCUT2D eigenvalue weighted by Gasteiger charge is 2.22. The Morgan fingerprint density at radius 2 is 1.76 bits per heavy atom. The van der Waals surface area contributed by atoms with E-state index in [9.17, 15) is 15.0 Å². The third kappa shape index (κ3) is 5.05. The Bertz CT molecular complexity index is 436. The van der Waals surface area contributed by atoms with Crippen LogP contribution in [-0.2, 0) is 11.2 Å². The van der Waals surface area contributed by atoms with E-state index in [0.29, 0.717) is 6.42 Å². The molecule has 1 fully saturated rings. The topological polar surface area (TPSA) is 69.6 Å². The minimum Gasteiger partial charge on any atom is -0.508 e. The third-order valence-corrected chi connectivity index (χ3v) is 4.21. The Balaban J connectivity index is 1.88. The summed E-state index contributed by atoms with van der Waals surface area (Å²) in [6.45, 7) is -0.0701. The molecule has 1 aliphatic carbocycles.